The van der Waals surface area contributed by atoms with Gasteiger partial charge >= 0.3 is 0 Å². The minimum absolute atomic E-state index is 0.248. The third kappa shape index (κ3) is 5.11. The van der Waals surface area contributed by atoms with Gasteiger partial charge in [0.2, 0.25) is 0 Å². The molecule has 0 aromatic carbocycles. The van der Waals surface area contributed by atoms with Gasteiger partial charge in [0.1, 0.15) is 5.76 Å². The van der Waals surface area contributed by atoms with Crippen LogP contribution in [0.1, 0.15) is 36.6 Å². The Bertz CT molecular complexity index is 672. The number of nitrogens with one attached hydrogen (secondary N) is 2. The Morgan fingerprint density at radius 3 is 2.85 bits per heavy atom. The van der Waals surface area contributed by atoms with Crippen molar-refractivity contribution in [2.75, 3.05) is 33.2 Å². The number of aromatic nitrogens is 2. The number of likely N-dealkylation sites (tertiary alicyclic amines) is 1. The van der Waals surface area contributed by atoms with Crippen LogP contribution in [0, 0.1) is 6.92 Å². The molecule has 1 aliphatic rings. The van der Waals surface area contributed by atoms with Gasteiger partial charge in [-0.2, -0.15) is 5.10 Å². The van der Waals surface area contributed by atoms with Gasteiger partial charge in [0.25, 0.3) is 0 Å². The monoisotopic (exact) mass is 358 g/mol. The Kier molecular flexibility index (Phi) is 6.71. The molecule has 0 spiro atoms. The number of furan rings is 1. The van der Waals surface area contributed by atoms with Gasteiger partial charge in [-0.15, -0.1) is 0 Å². The van der Waals surface area contributed by atoms with E-state index in [1.165, 1.54) is 18.4 Å². The smallest absolute Gasteiger partial charge is 0.191 e. The molecule has 0 radical (unpaired) electrons. The summed E-state index contributed by atoms with van der Waals surface area (Å²) in [6.45, 7) is 6.86. The summed E-state index contributed by atoms with van der Waals surface area (Å²) < 4.78 is 7.65. The maximum atomic E-state index is 5.67. The number of nitrogens with zero attached hydrogens (tertiary/aromatic N) is 4. The Morgan fingerprint density at radius 2 is 2.19 bits per heavy atom. The van der Waals surface area contributed by atoms with Gasteiger partial charge in [-0.1, -0.05) is 0 Å². The molecule has 1 aliphatic heterocycles. The van der Waals surface area contributed by atoms with Crippen molar-refractivity contribution in [3.63, 3.8) is 0 Å². The van der Waals surface area contributed by atoms with E-state index in [9.17, 15) is 0 Å². The molecule has 0 bridgehead atoms. The van der Waals surface area contributed by atoms with Crippen molar-refractivity contribution in [3.8, 4) is 0 Å². The van der Waals surface area contributed by atoms with E-state index in [0.29, 0.717) is 0 Å². The van der Waals surface area contributed by atoms with Crippen LogP contribution in [0.15, 0.2) is 40.2 Å². The molecule has 0 saturated carbocycles. The van der Waals surface area contributed by atoms with E-state index in [1.807, 2.05) is 24.0 Å². The van der Waals surface area contributed by atoms with E-state index in [2.05, 4.69) is 44.8 Å². The zero-order chi connectivity index (χ0) is 18.2. The van der Waals surface area contributed by atoms with Crippen molar-refractivity contribution in [3.05, 3.63) is 42.1 Å². The molecule has 0 amide bonds. The zero-order valence-electron chi connectivity index (χ0n) is 15.8. The fourth-order valence-corrected chi connectivity index (χ4v) is 3.39. The molecule has 1 saturated heterocycles. The molecule has 2 aromatic rings. The number of guanidine groups is 1. The Morgan fingerprint density at radius 1 is 1.35 bits per heavy atom. The summed E-state index contributed by atoms with van der Waals surface area (Å²) in [7, 11) is 1.81. The average Bonchev–Trinajstić information content (AvgIpc) is 3.40. The summed E-state index contributed by atoms with van der Waals surface area (Å²) >= 11 is 0. The lowest BCUT2D eigenvalue weighted by Gasteiger charge is -2.26. The summed E-state index contributed by atoms with van der Waals surface area (Å²) in [5.74, 6) is 1.85. The van der Waals surface area contributed by atoms with Crippen molar-refractivity contribution >= 4 is 5.96 Å². The Hall–Kier alpha value is -2.28. The predicted molar refractivity (Wildman–Crippen MR) is 103 cm³/mol. The molecule has 3 heterocycles. The van der Waals surface area contributed by atoms with Crippen LogP contribution in [0.3, 0.4) is 0 Å². The maximum absolute atomic E-state index is 5.67. The minimum atomic E-state index is 0.248. The highest BCUT2D eigenvalue weighted by molar-refractivity contribution is 5.79. The predicted octanol–water partition coefficient (Wildman–Crippen LogP) is 2.18. The Balaban J connectivity index is 1.44. The van der Waals surface area contributed by atoms with Crippen LogP contribution < -0.4 is 10.6 Å². The average molecular weight is 358 g/mol. The van der Waals surface area contributed by atoms with Crippen molar-refractivity contribution < 1.29 is 4.42 Å². The van der Waals surface area contributed by atoms with Gasteiger partial charge in [-0.25, -0.2) is 0 Å². The van der Waals surface area contributed by atoms with E-state index in [4.69, 9.17) is 4.42 Å². The van der Waals surface area contributed by atoms with E-state index in [1.54, 1.807) is 6.26 Å². The SMILES string of the molecule is CN=C(NCCCn1cc(C)cn1)NCC(c1ccco1)N1CCCC1. The van der Waals surface area contributed by atoms with Crippen molar-refractivity contribution in [2.24, 2.45) is 4.99 Å². The fourth-order valence-electron chi connectivity index (χ4n) is 3.39. The second-order valence-electron chi connectivity index (χ2n) is 6.79. The van der Waals surface area contributed by atoms with Crippen molar-refractivity contribution in [2.45, 2.75) is 38.8 Å². The quantitative estimate of drug-likeness (QED) is 0.430. The normalized spacial score (nSPS) is 16.8. The maximum Gasteiger partial charge on any atom is 0.191 e. The van der Waals surface area contributed by atoms with Gasteiger partial charge in [0.15, 0.2) is 5.96 Å². The van der Waals surface area contributed by atoms with Crippen LogP contribution in [0.25, 0.3) is 0 Å². The van der Waals surface area contributed by atoms with Gasteiger partial charge in [0, 0.05) is 32.9 Å². The molecular formula is C19H30N6O. The second kappa shape index (κ2) is 9.43. The first kappa shape index (κ1) is 18.5. The van der Waals surface area contributed by atoms with E-state index in [0.717, 1.165) is 50.9 Å². The lowest BCUT2D eigenvalue weighted by Crippen LogP contribution is -2.43. The first-order chi connectivity index (χ1) is 12.8. The highest BCUT2D eigenvalue weighted by Gasteiger charge is 2.25. The molecule has 1 unspecified atom stereocenters. The number of aryl methyl sites for hydroxylation is 2. The van der Waals surface area contributed by atoms with E-state index >= 15 is 0 Å². The van der Waals surface area contributed by atoms with Gasteiger partial charge in [0.05, 0.1) is 18.5 Å². The highest BCUT2D eigenvalue weighted by Crippen LogP contribution is 2.24. The molecule has 7 heteroatoms. The van der Waals surface area contributed by atoms with Gasteiger partial charge < -0.3 is 15.1 Å². The van der Waals surface area contributed by atoms with Gasteiger partial charge in [-0.3, -0.25) is 14.6 Å². The topological polar surface area (TPSA) is 70.6 Å². The van der Waals surface area contributed by atoms with Crippen LogP contribution >= 0.6 is 0 Å². The molecule has 1 fully saturated rings. The molecule has 7 nitrogen and oxygen atoms in total. The van der Waals surface area contributed by atoms with Crippen molar-refractivity contribution in [1.29, 1.82) is 0 Å². The lowest BCUT2D eigenvalue weighted by atomic mass is 10.2. The van der Waals surface area contributed by atoms with E-state index in [-0.39, 0.29) is 6.04 Å². The van der Waals surface area contributed by atoms with Crippen LogP contribution in [0.5, 0.6) is 0 Å². The molecule has 0 aliphatic carbocycles. The van der Waals surface area contributed by atoms with Crippen LogP contribution in [0.4, 0.5) is 0 Å². The summed E-state index contributed by atoms with van der Waals surface area (Å²) in [5.41, 5.74) is 1.20. The number of hydrogen-bond donors (Lipinski definition) is 2. The lowest BCUT2D eigenvalue weighted by molar-refractivity contribution is 0.215. The molecule has 2 N–H and O–H groups in total. The number of hydrogen-bond acceptors (Lipinski definition) is 4. The standard InChI is InChI=1S/C19H30N6O/c1-16-13-23-25(15-16)11-6-8-21-19(20-2)22-14-17(18-7-5-12-26-18)24-9-3-4-10-24/h5,7,12-13,15,17H,3-4,6,8-11,14H2,1-2H3,(H2,20,21,22). The minimum Gasteiger partial charge on any atom is -0.468 e. The molecular weight excluding hydrogens is 328 g/mol. The molecule has 1 atom stereocenters. The summed E-state index contributed by atoms with van der Waals surface area (Å²) in [5, 5.41) is 11.2. The van der Waals surface area contributed by atoms with Crippen LogP contribution in [-0.4, -0.2) is 53.9 Å². The largest absolute Gasteiger partial charge is 0.468 e. The van der Waals surface area contributed by atoms with Crippen LogP contribution in [-0.2, 0) is 6.54 Å². The Labute approximate surface area is 155 Å². The van der Waals surface area contributed by atoms with Crippen molar-refractivity contribution in [1.82, 2.24) is 25.3 Å². The molecule has 142 valence electrons. The molecule has 26 heavy (non-hydrogen) atoms. The fraction of sp³-hybridized carbons (Fsp3) is 0.579. The molecule has 3 rings (SSSR count). The number of rotatable bonds is 8. The number of aliphatic imine (C=N–C) groups is 1. The summed E-state index contributed by atoms with van der Waals surface area (Å²) in [6, 6.07) is 4.27. The van der Waals surface area contributed by atoms with Gasteiger partial charge in [-0.05, 0) is 57.0 Å². The molecule has 2 aromatic heterocycles. The second-order valence-corrected chi connectivity index (χ2v) is 6.79. The highest BCUT2D eigenvalue weighted by atomic mass is 16.3. The third-order valence-electron chi connectivity index (χ3n) is 4.76. The zero-order valence-corrected chi connectivity index (χ0v) is 15.8. The first-order valence-corrected chi connectivity index (χ1v) is 9.47. The third-order valence-corrected chi connectivity index (χ3v) is 4.76. The van der Waals surface area contributed by atoms with E-state index < -0.39 is 0 Å². The summed E-state index contributed by atoms with van der Waals surface area (Å²) in [6.07, 6.45) is 9.23. The van der Waals surface area contributed by atoms with Crippen LogP contribution in [0.2, 0.25) is 0 Å². The first-order valence-electron chi connectivity index (χ1n) is 9.47. The summed E-state index contributed by atoms with van der Waals surface area (Å²) in [4.78, 5) is 6.82.